The molecule has 12 N–H and O–H groups in total. The molecule has 0 aliphatic carbocycles. The van der Waals surface area contributed by atoms with Crippen LogP contribution in [0.25, 0.3) is 20.2 Å². The van der Waals surface area contributed by atoms with E-state index in [4.69, 9.17) is 43.9 Å². The molecule has 0 bridgehead atoms. The van der Waals surface area contributed by atoms with Gasteiger partial charge in [-0.3, -0.25) is 38.6 Å². The third-order valence-corrected chi connectivity index (χ3v) is 19.8. The van der Waals surface area contributed by atoms with Gasteiger partial charge in [0.05, 0.1) is 20.8 Å². The molecular formula is C61H80Cl2N11O15PS2. The van der Waals surface area contributed by atoms with Gasteiger partial charge in [0.2, 0.25) is 35.4 Å². The second-order valence-corrected chi connectivity index (χ2v) is 27.1. The Kier molecular flexibility index (Phi) is 25.1. The Bertz CT molecular complexity index is 3640. The number of phosphoric ester groups is 1. The van der Waals surface area contributed by atoms with Crippen molar-refractivity contribution in [2.45, 2.75) is 122 Å². The molecule has 0 radical (unpaired) electrons. The molecule has 10 amide bonds. The topological polar surface area (TPSA) is 375 Å². The van der Waals surface area contributed by atoms with E-state index in [1.807, 2.05) is 31.4 Å². The highest BCUT2D eigenvalue weighted by molar-refractivity contribution is 7.46. The van der Waals surface area contributed by atoms with E-state index < -0.39 is 73.7 Å². The van der Waals surface area contributed by atoms with Crippen LogP contribution < -0.4 is 57.1 Å². The van der Waals surface area contributed by atoms with Crippen molar-refractivity contribution in [1.82, 2.24) is 31.1 Å². The summed E-state index contributed by atoms with van der Waals surface area (Å²) in [6.07, 6.45) is 0.146. The van der Waals surface area contributed by atoms with Gasteiger partial charge in [-0.15, -0.1) is 45.9 Å². The molecule has 26 nitrogen and oxygen atoms in total. The van der Waals surface area contributed by atoms with E-state index in [9.17, 15) is 62.6 Å². The molecule has 0 saturated carbocycles. The Morgan fingerprint density at radius 1 is 0.772 bits per heavy atom. The number of thiophene rings is 2. The van der Waals surface area contributed by atoms with Crippen molar-refractivity contribution in [2.75, 3.05) is 80.2 Å². The van der Waals surface area contributed by atoms with Gasteiger partial charge in [-0.05, 0) is 110 Å². The molecule has 4 heterocycles. The lowest BCUT2D eigenvalue weighted by Crippen LogP contribution is -2.57. The van der Waals surface area contributed by atoms with E-state index in [0.29, 0.717) is 64.1 Å². The summed E-state index contributed by atoms with van der Waals surface area (Å²) in [5.41, 5.74) is 16.2. The molecule has 2 aliphatic rings. The van der Waals surface area contributed by atoms with E-state index in [1.54, 1.807) is 36.9 Å². The third-order valence-electron chi connectivity index (χ3n) is 16.2. The summed E-state index contributed by atoms with van der Waals surface area (Å²) in [7, 11) is -2.14. The average Bonchev–Trinajstić information content (AvgIpc) is 1.59. The average molecular weight is 1370 g/mol. The van der Waals surface area contributed by atoms with E-state index in [0.717, 1.165) is 43.0 Å². The standard InChI is InChI=1S/C61H80Cl2N11O15PS2/c1-32(2)53(70-57(79)40(67-35(5)75)12-8-9-20-64)58(80)69-41(13-11-21-66-59(65)81)56(78)68-39-18-16-36(17-19-39)24-46-34(4)50-52-38(28-63)30-73(42(52)25-44(55(50)92-46)88-61(84)72(7)23-22-71(6)60(82)83)47(76)14-10-15-48(77)74-29-37(27-62)51-43(74)26-45(89-90(85,86)87)54-49(51)33(3)31-91-54/h16-19,25-26,31-32,37-38,40-41,53H,8-15,20-24,27-30,64H2,1-7H3,(H,67,75)(H,68,78)(H,69,80)(H,70,79)(H,82,83)(H3,65,66,81)(H2,85,86,87)/t37-,38-,40+,41+,53+/m1/s1. The minimum atomic E-state index is -4.99. The smallest absolute Gasteiger partial charge is 0.465 e. The van der Waals surface area contributed by atoms with Crippen molar-refractivity contribution in [3.63, 3.8) is 0 Å². The second kappa shape index (κ2) is 32.0. The molecule has 0 saturated heterocycles. The molecular weight excluding hydrogens is 1290 g/mol. The molecule has 3 aromatic carbocycles. The molecule has 7 rings (SSSR count). The summed E-state index contributed by atoms with van der Waals surface area (Å²) in [6.45, 7) is 9.39. The molecule has 0 fully saturated rings. The first-order valence-corrected chi connectivity index (χ1v) is 34.3. The van der Waals surface area contributed by atoms with Crippen LogP contribution in [0, 0.1) is 19.8 Å². The lowest BCUT2D eigenvalue weighted by molar-refractivity contribution is -0.133. The number of nitrogens with two attached hydrogens (primary N) is 2. The summed E-state index contributed by atoms with van der Waals surface area (Å²) < 4.78 is 24.4. The Morgan fingerprint density at radius 3 is 1.92 bits per heavy atom. The Balaban J connectivity index is 1.12. The monoisotopic (exact) mass is 1370 g/mol. The third kappa shape index (κ3) is 17.9. The first kappa shape index (κ1) is 72.1. The highest BCUT2D eigenvalue weighted by Crippen LogP contribution is 2.53. The van der Waals surface area contributed by atoms with Crippen LogP contribution in [0.3, 0.4) is 0 Å². The van der Waals surface area contributed by atoms with Crippen LogP contribution in [0.2, 0.25) is 0 Å². The first-order chi connectivity index (χ1) is 43.5. The van der Waals surface area contributed by atoms with Crippen molar-refractivity contribution in [3.8, 4) is 11.5 Å². The van der Waals surface area contributed by atoms with Crippen molar-refractivity contribution >= 4 is 145 Å². The number of phosphoric acid groups is 1. The van der Waals surface area contributed by atoms with Gasteiger partial charge >= 0.3 is 26.0 Å². The fourth-order valence-corrected chi connectivity index (χ4v) is 14.6. The molecule has 92 heavy (non-hydrogen) atoms. The van der Waals surface area contributed by atoms with Gasteiger partial charge in [-0.2, -0.15) is 0 Å². The number of carbonyl (C=O) groups excluding carboxylic acids is 8. The molecule has 2 aromatic heterocycles. The molecule has 2 aliphatic heterocycles. The van der Waals surface area contributed by atoms with Gasteiger partial charge in [0.1, 0.15) is 18.1 Å². The minimum absolute atomic E-state index is 0.00459. The van der Waals surface area contributed by atoms with Crippen molar-refractivity contribution < 1.29 is 71.9 Å². The highest BCUT2D eigenvalue weighted by Gasteiger charge is 2.40. The molecule has 31 heteroatoms. The van der Waals surface area contributed by atoms with Crippen LogP contribution in [0.1, 0.15) is 117 Å². The zero-order chi connectivity index (χ0) is 67.5. The van der Waals surface area contributed by atoms with Gasteiger partial charge in [0.25, 0.3) is 0 Å². The maximum Gasteiger partial charge on any atom is 0.524 e. The number of ether oxygens (including phenoxy) is 1. The SMILES string of the molecule is CC(=O)N[C@@H](CCCCN)C(=O)N[C@H](C(=O)N[C@@H](CCCNC(N)=O)C(=O)Nc1ccc(Cc2sc3c(OC(=O)N(C)CCN(C)C(=O)O)cc4c(c3c2C)[C@H](CCl)CN4C(=O)CCCC(=O)N2C[C@@H](CCl)c3c2cc(OP(=O)(O)O)c2scc(C)c32)cc1)C(C)C. The van der Waals surface area contributed by atoms with Gasteiger partial charge in [0.15, 0.2) is 11.5 Å². The Hall–Kier alpha value is -7.30. The van der Waals surface area contributed by atoms with Crippen LogP contribution in [0.15, 0.2) is 41.8 Å². The van der Waals surface area contributed by atoms with Gasteiger partial charge in [-0.1, -0.05) is 26.0 Å². The number of benzene rings is 3. The molecule has 0 spiro atoms. The fraction of sp³-hybridized carbons (Fsp3) is 0.492. The summed E-state index contributed by atoms with van der Waals surface area (Å²) >= 11 is 15.9. The van der Waals surface area contributed by atoms with E-state index >= 15 is 0 Å². The number of carboxylic acid groups (broad SMARTS) is 1. The number of fused-ring (bicyclic) bond motifs is 6. The quantitative estimate of drug-likeness (QED) is 0.0120. The number of alkyl halides is 2. The largest absolute Gasteiger partial charge is 0.524 e. The van der Waals surface area contributed by atoms with E-state index in [1.165, 1.54) is 59.6 Å². The maximum atomic E-state index is 14.5. The number of hydrogen-bond acceptors (Lipinski definition) is 15. The van der Waals surface area contributed by atoms with Crippen LogP contribution >= 0.6 is 53.7 Å². The predicted molar refractivity (Wildman–Crippen MR) is 354 cm³/mol. The molecule has 500 valence electrons. The number of halogens is 2. The first-order valence-electron chi connectivity index (χ1n) is 30.0. The fourth-order valence-electron chi connectivity index (χ4n) is 11.4. The number of rotatable bonds is 30. The number of aryl methyl sites for hydroxylation is 2. The van der Waals surface area contributed by atoms with Gasteiger partial charge < -0.3 is 72.0 Å². The van der Waals surface area contributed by atoms with Crippen molar-refractivity contribution in [2.24, 2.45) is 17.4 Å². The molecule has 5 aromatic rings. The summed E-state index contributed by atoms with van der Waals surface area (Å²) in [5, 5.41) is 26.3. The normalized spacial score (nSPS) is 15.3. The Labute approximate surface area is 550 Å². The number of nitrogens with zero attached hydrogens (tertiary/aromatic N) is 4. The molecule has 0 unspecified atom stereocenters. The number of urea groups is 1. The minimum Gasteiger partial charge on any atom is -0.465 e. The van der Waals surface area contributed by atoms with Crippen LogP contribution in [0.5, 0.6) is 11.5 Å². The lowest BCUT2D eigenvalue weighted by Gasteiger charge is -2.27. The van der Waals surface area contributed by atoms with Crippen molar-refractivity contribution in [1.29, 1.82) is 0 Å². The van der Waals surface area contributed by atoms with E-state index in [2.05, 4.69) is 26.6 Å². The zero-order valence-electron chi connectivity index (χ0n) is 52.2. The predicted octanol–water partition coefficient (Wildman–Crippen LogP) is 7.69. The summed E-state index contributed by atoms with van der Waals surface area (Å²) in [5.74, 6) is -3.63. The van der Waals surface area contributed by atoms with Crippen molar-refractivity contribution in [3.05, 3.63) is 74.5 Å². The van der Waals surface area contributed by atoms with Gasteiger partial charge in [-0.25, -0.2) is 18.9 Å². The number of amides is 10. The number of hydrogen-bond donors (Lipinski definition) is 10. The van der Waals surface area contributed by atoms with E-state index in [-0.39, 0.29) is 112 Å². The Morgan fingerprint density at radius 2 is 1.36 bits per heavy atom. The molecule has 5 atom stereocenters. The maximum absolute atomic E-state index is 14.5. The number of primary amides is 1. The second-order valence-electron chi connectivity index (χ2n) is 23.4. The lowest BCUT2D eigenvalue weighted by atomic mass is 9.95. The summed E-state index contributed by atoms with van der Waals surface area (Å²) in [6, 6.07) is 6.19. The number of likely N-dealkylation sites (N-methyl/N-ethyl adjacent to an activating group) is 2. The zero-order valence-corrected chi connectivity index (χ0v) is 56.3. The number of anilines is 3. The number of carbonyl (C=O) groups is 9. The van der Waals surface area contributed by atoms with Gasteiger partial charge in [0, 0.05) is 130 Å². The van der Waals surface area contributed by atoms with Crippen LogP contribution in [0.4, 0.5) is 31.4 Å². The highest BCUT2D eigenvalue weighted by atomic mass is 35.5. The van der Waals surface area contributed by atoms with Crippen LogP contribution in [-0.2, 0) is 39.8 Å². The van der Waals surface area contributed by atoms with Crippen LogP contribution in [-0.4, -0.2) is 162 Å². The summed E-state index contributed by atoms with van der Waals surface area (Å²) in [4.78, 5) is 145. The number of nitrogens with one attached hydrogen (secondary N) is 5. The number of unbranched alkanes of at least 4 members (excludes halogenated alkanes) is 1.